The molecule has 0 saturated heterocycles. The summed E-state index contributed by atoms with van der Waals surface area (Å²) in [5, 5.41) is 3.99. The van der Waals surface area contributed by atoms with E-state index in [0.29, 0.717) is 5.56 Å². The van der Waals surface area contributed by atoms with Crippen LogP contribution in [0.2, 0.25) is 0 Å². The molecule has 0 aliphatic rings. The summed E-state index contributed by atoms with van der Waals surface area (Å²) in [5.74, 6) is 0. The van der Waals surface area contributed by atoms with Crippen LogP contribution in [0.25, 0.3) is 5.52 Å². The maximum Gasteiger partial charge on any atom is 0.235 e. The van der Waals surface area contributed by atoms with E-state index in [1.54, 1.807) is 23.0 Å². The molecular weight excluding hydrogens is 140 g/mol. The van der Waals surface area contributed by atoms with Gasteiger partial charge in [-0.1, -0.05) is 0 Å². The molecule has 2 aromatic heterocycles. The molecule has 0 fully saturated rings. The zero-order valence-electron chi connectivity index (χ0n) is 5.69. The summed E-state index contributed by atoms with van der Waals surface area (Å²) < 4.78 is 1.64. The third kappa shape index (κ3) is 0.816. The first-order chi connectivity index (χ1) is 5.42. The van der Waals surface area contributed by atoms with Gasteiger partial charge in [-0.3, -0.25) is 4.79 Å². The Kier molecular flexibility index (Phi) is 1.22. The van der Waals surface area contributed by atoms with E-state index < -0.39 is 0 Å². The predicted molar refractivity (Wildman–Crippen MR) is 40.0 cm³/mol. The van der Waals surface area contributed by atoms with Crippen LogP contribution in [0, 0.1) is 0 Å². The number of hydrogen-bond donors (Lipinski definition) is 0. The predicted octanol–water partition coefficient (Wildman–Crippen LogP) is 0.792. The molecule has 1 radical (unpaired) electrons. The van der Waals surface area contributed by atoms with Gasteiger partial charge in [-0.2, -0.15) is 5.10 Å². The van der Waals surface area contributed by atoms with E-state index in [1.807, 2.05) is 18.4 Å². The Morgan fingerprint density at radius 1 is 1.45 bits per heavy atom. The van der Waals surface area contributed by atoms with Gasteiger partial charge in [0.25, 0.3) is 0 Å². The Morgan fingerprint density at radius 2 is 2.36 bits per heavy atom. The van der Waals surface area contributed by atoms with E-state index >= 15 is 0 Å². The number of rotatable bonds is 1. The van der Waals surface area contributed by atoms with Crippen molar-refractivity contribution in [2.24, 2.45) is 0 Å². The van der Waals surface area contributed by atoms with E-state index in [1.165, 1.54) is 0 Å². The van der Waals surface area contributed by atoms with E-state index in [4.69, 9.17) is 0 Å². The Hall–Kier alpha value is -1.64. The fourth-order valence-electron chi connectivity index (χ4n) is 1.04. The van der Waals surface area contributed by atoms with Crippen molar-refractivity contribution in [1.29, 1.82) is 0 Å². The van der Waals surface area contributed by atoms with Gasteiger partial charge in [0.05, 0.1) is 11.1 Å². The minimum atomic E-state index is 0.546. The molecule has 2 heterocycles. The Labute approximate surface area is 63.3 Å². The first kappa shape index (κ1) is 6.09. The largest absolute Gasteiger partial charge is 0.285 e. The van der Waals surface area contributed by atoms with Crippen molar-refractivity contribution in [3.05, 3.63) is 36.2 Å². The molecule has 0 amide bonds. The summed E-state index contributed by atoms with van der Waals surface area (Å²) in [6.45, 7) is 0. The van der Waals surface area contributed by atoms with Crippen LogP contribution in [0.3, 0.4) is 0 Å². The summed E-state index contributed by atoms with van der Waals surface area (Å²) in [6, 6.07) is 5.30. The highest BCUT2D eigenvalue weighted by atomic mass is 16.1. The Balaban J connectivity index is 2.88. The van der Waals surface area contributed by atoms with E-state index in [2.05, 4.69) is 5.10 Å². The lowest BCUT2D eigenvalue weighted by Gasteiger charge is -1.93. The summed E-state index contributed by atoms with van der Waals surface area (Å²) in [7, 11) is 0. The van der Waals surface area contributed by atoms with Crippen molar-refractivity contribution < 1.29 is 4.79 Å². The topological polar surface area (TPSA) is 34.4 Å². The maximum atomic E-state index is 10.4. The summed E-state index contributed by atoms with van der Waals surface area (Å²) in [5.41, 5.74) is 1.34. The molecule has 3 heteroatoms. The lowest BCUT2D eigenvalue weighted by Crippen LogP contribution is -1.91. The molecule has 2 rings (SSSR count). The van der Waals surface area contributed by atoms with Crippen molar-refractivity contribution >= 4 is 11.8 Å². The lowest BCUT2D eigenvalue weighted by molar-refractivity contribution is 0.563. The first-order valence-corrected chi connectivity index (χ1v) is 3.22. The van der Waals surface area contributed by atoms with E-state index in [-0.39, 0.29) is 0 Å². The van der Waals surface area contributed by atoms with Crippen LogP contribution in [-0.4, -0.2) is 15.9 Å². The quantitative estimate of drug-likeness (QED) is 0.594. The van der Waals surface area contributed by atoms with Crippen LogP contribution in [-0.2, 0) is 4.79 Å². The molecule has 0 aliphatic heterocycles. The van der Waals surface area contributed by atoms with Crippen LogP contribution < -0.4 is 0 Å². The van der Waals surface area contributed by atoms with Crippen LogP contribution in [0.5, 0.6) is 0 Å². The SMILES string of the molecule is O=[C]c1ccnn2cccc12. The number of fused-ring (bicyclic) bond motifs is 1. The highest BCUT2D eigenvalue weighted by molar-refractivity contribution is 5.85. The molecule has 0 unspecified atom stereocenters. The molecule has 0 spiro atoms. The fourth-order valence-corrected chi connectivity index (χ4v) is 1.04. The molecule has 0 atom stereocenters. The molecule has 0 aromatic carbocycles. The van der Waals surface area contributed by atoms with E-state index in [9.17, 15) is 4.79 Å². The number of aromatic nitrogens is 2. The highest BCUT2D eigenvalue weighted by Crippen LogP contribution is 2.06. The van der Waals surface area contributed by atoms with Crippen LogP contribution in [0.15, 0.2) is 30.6 Å². The van der Waals surface area contributed by atoms with Gasteiger partial charge in [0.1, 0.15) is 0 Å². The van der Waals surface area contributed by atoms with Gasteiger partial charge in [-0.05, 0) is 18.2 Å². The standard InChI is InChI=1S/C8H5N2O/c11-6-7-3-4-9-10-5-1-2-8(7)10/h1-5H. The molecule has 2 aromatic rings. The van der Waals surface area contributed by atoms with Gasteiger partial charge in [0.2, 0.25) is 6.29 Å². The third-order valence-electron chi connectivity index (χ3n) is 1.55. The third-order valence-corrected chi connectivity index (χ3v) is 1.55. The van der Waals surface area contributed by atoms with Crippen LogP contribution in [0.1, 0.15) is 5.56 Å². The Morgan fingerprint density at radius 3 is 3.18 bits per heavy atom. The molecule has 11 heavy (non-hydrogen) atoms. The minimum Gasteiger partial charge on any atom is -0.285 e. The number of hydrogen-bond acceptors (Lipinski definition) is 2. The summed E-state index contributed by atoms with van der Waals surface area (Å²) >= 11 is 0. The number of carbonyl (C=O) groups excluding carboxylic acids is 1. The van der Waals surface area contributed by atoms with Crippen molar-refractivity contribution in [3.8, 4) is 0 Å². The normalized spacial score (nSPS) is 10.2. The van der Waals surface area contributed by atoms with Crippen LogP contribution >= 0.6 is 0 Å². The first-order valence-electron chi connectivity index (χ1n) is 3.22. The summed E-state index contributed by atoms with van der Waals surface area (Å²) in [6.07, 6.45) is 5.21. The van der Waals surface area contributed by atoms with Crippen LogP contribution in [0.4, 0.5) is 0 Å². The maximum absolute atomic E-state index is 10.4. The van der Waals surface area contributed by atoms with Gasteiger partial charge < -0.3 is 0 Å². The average Bonchev–Trinajstić information content (AvgIpc) is 2.50. The second kappa shape index (κ2) is 2.20. The van der Waals surface area contributed by atoms with E-state index in [0.717, 1.165) is 5.52 Å². The zero-order valence-corrected chi connectivity index (χ0v) is 5.69. The van der Waals surface area contributed by atoms with Gasteiger partial charge in [0, 0.05) is 12.4 Å². The van der Waals surface area contributed by atoms with Crippen molar-refractivity contribution in [2.75, 3.05) is 0 Å². The smallest absolute Gasteiger partial charge is 0.235 e. The summed E-state index contributed by atoms with van der Waals surface area (Å²) in [4.78, 5) is 10.4. The average molecular weight is 145 g/mol. The second-order valence-corrected chi connectivity index (χ2v) is 2.18. The monoisotopic (exact) mass is 145 g/mol. The fraction of sp³-hybridized carbons (Fsp3) is 0. The molecule has 0 bridgehead atoms. The molecule has 0 saturated carbocycles. The number of nitrogens with zero attached hydrogens (tertiary/aromatic N) is 2. The molecular formula is C8H5N2O. The molecule has 0 N–H and O–H groups in total. The molecule has 53 valence electrons. The van der Waals surface area contributed by atoms with Gasteiger partial charge >= 0.3 is 0 Å². The van der Waals surface area contributed by atoms with Crippen molar-refractivity contribution in [2.45, 2.75) is 0 Å². The van der Waals surface area contributed by atoms with Gasteiger partial charge in [-0.25, -0.2) is 4.52 Å². The Bertz CT molecular complexity index is 392. The van der Waals surface area contributed by atoms with Crippen molar-refractivity contribution in [3.63, 3.8) is 0 Å². The van der Waals surface area contributed by atoms with Gasteiger partial charge in [0.15, 0.2) is 0 Å². The van der Waals surface area contributed by atoms with Crippen molar-refractivity contribution in [1.82, 2.24) is 9.61 Å². The second-order valence-electron chi connectivity index (χ2n) is 2.18. The zero-order chi connectivity index (χ0) is 7.68. The molecule has 0 aliphatic carbocycles. The van der Waals surface area contributed by atoms with Gasteiger partial charge in [-0.15, -0.1) is 0 Å². The minimum absolute atomic E-state index is 0.546. The lowest BCUT2D eigenvalue weighted by atomic mass is 10.3. The molecule has 3 nitrogen and oxygen atoms in total. The highest BCUT2D eigenvalue weighted by Gasteiger charge is 1.98.